The van der Waals surface area contributed by atoms with Gasteiger partial charge in [-0.3, -0.25) is 14.2 Å². The molecule has 1 aliphatic rings. The van der Waals surface area contributed by atoms with Gasteiger partial charge in [0.1, 0.15) is 11.6 Å². The van der Waals surface area contributed by atoms with Crippen LogP contribution in [-0.4, -0.2) is 36.7 Å². The number of carbonyl (C=O) groups is 1. The molecule has 1 aliphatic heterocycles. The molecule has 6 nitrogen and oxygen atoms in total. The van der Waals surface area contributed by atoms with Gasteiger partial charge in [0.2, 0.25) is 0 Å². The lowest BCUT2D eigenvalue weighted by molar-refractivity contribution is 0.103. The average Bonchev–Trinajstić information content (AvgIpc) is 2.75. The minimum absolute atomic E-state index is 0.0472. The smallest absolute Gasteiger partial charge is 0.256 e. The van der Waals surface area contributed by atoms with Crippen molar-refractivity contribution in [1.82, 2.24) is 4.57 Å². The van der Waals surface area contributed by atoms with Crippen LogP contribution in [0.2, 0.25) is 0 Å². The number of anilines is 2. The second-order valence-corrected chi connectivity index (χ2v) is 6.76. The van der Waals surface area contributed by atoms with Crippen LogP contribution in [0.5, 0.6) is 0 Å². The van der Waals surface area contributed by atoms with Gasteiger partial charge in [-0.1, -0.05) is 0 Å². The second-order valence-electron chi connectivity index (χ2n) is 6.76. The van der Waals surface area contributed by atoms with Crippen molar-refractivity contribution in [2.24, 2.45) is 0 Å². The van der Waals surface area contributed by atoms with Gasteiger partial charge < -0.3 is 15.4 Å². The predicted molar refractivity (Wildman–Crippen MR) is 109 cm³/mol. The van der Waals surface area contributed by atoms with Crippen LogP contribution in [0.1, 0.15) is 15.9 Å². The normalized spacial score (nSPS) is 14.0. The number of nitrogen functional groups attached to an aromatic ring is 1. The third kappa shape index (κ3) is 3.77. The Morgan fingerprint density at radius 1 is 0.897 bits per heavy atom. The van der Waals surface area contributed by atoms with E-state index in [1.165, 1.54) is 41.0 Å². The molecule has 0 spiro atoms. The molecule has 0 atom stereocenters. The van der Waals surface area contributed by atoms with E-state index in [1.54, 1.807) is 12.1 Å². The molecule has 2 N–H and O–H groups in total. The summed E-state index contributed by atoms with van der Waals surface area (Å²) in [6.45, 7) is 2.98. The summed E-state index contributed by atoms with van der Waals surface area (Å²) in [4.78, 5) is 27.5. The summed E-state index contributed by atoms with van der Waals surface area (Å²) in [5, 5.41) is 0. The number of ketones is 1. The number of nitrogens with zero attached hydrogens (tertiary/aromatic N) is 2. The maximum Gasteiger partial charge on any atom is 0.256 e. The summed E-state index contributed by atoms with van der Waals surface area (Å²) in [7, 11) is 0. The molecule has 0 bridgehead atoms. The Morgan fingerprint density at radius 3 is 2.17 bits per heavy atom. The number of pyridine rings is 1. The summed E-state index contributed by atoms with van der Waals surface area (Å²) in [5.41, 5.74) is 7.95. The highest BCUT2D eigenvalue weighted by Crippen LogP contribution is 2.22. The molecule has 7 heteroatoms. The number of carbonyl (C=O) groups excluding carboxylic acids is 1. The molecule has 0 saturated carbocycles. The zero-order valence-electron chi connectivity index (χ0n) is 15.7. The minimum Gasteiger partial charge on any atom is -0.384 e. The average molecular weight is 393 g/mol. The van der Waals surface area contributed by atoms with Gasteiger partial charge in [-0.05, 0) is 54.6 Å². The van der Waals surface area contributed by atoms with E-state index in [0.717, 1.165) is 18.8 Å². The SMILES string of the molecule is Nc1c(C(=O)c2ccc(F)cc2)ccc(=O)n1-c1ccc(N2CCOCC2)cc1. The van der Waals surface area contributed by atoms with E-state index in [4.69, 9.17) is 10.5 Å². The van der Waals surface area contributed by atoms with Gasteiger partial charge in [0.05, 0.1) is 24.5 Å². The molecule has 2 heterocycles. The Bertz CT molecular complexity index is 1090. The molecule has 1 aromatic heterocycles. The van der Waals surface area contributed by atoms with Gasteiger partial charge >= 0.3 is 0 Å². The lowest BCUT2D eigenvalue weighted by Gasteiger charge is -2.29. The summed E-state index contributed by atoms with van der Waals surface area (Å²) in [6, 6.07) is 15.4. The van der Waals surface area contributed by atoms with E-state index in [9.17, 15) is 14.0 Å². The number of hydrogen-bond acceptors (Lipinski definition) is 5. The molecular weight excluding hydrogens is 373 g/mol. The quantitative estimate of drug-likeness (QED) is 0.690. The van der Waals surface area contributed by atoms with Crippen molar-refractivity contribution >= 4 is 17.3 Å². The van der Waals surface area contributed by atoms with Crippen LogP contribution in [0.15, 0.2) is 65.5 Å². The Hall–Kier alpha value is -3.45. The van der Waals surface area contributed by atoms with Crippen molar-refractivity contribution in [3.05, 3.63) is 88.0 Å². The maximum atomic E-state index is 13.1. The first-order chi connectivity index (χ1) is 14.0. The summed E-state index contributed by atoms with van der Waals surface area (Å²) >= 11 is 0. The lowest BCUT2D eigenvalue weighted by Crippen LogP contribution is -2.36. The third-order valence-electron chi connectivity index (χ3n) is 4.96. The largest absolute Gasteiger partial charge is 0.384 e. The number of ether oxygens (including phenoxy) is 1. The zero-order valence-corrected chi connectivity index (χ0v) is 15.7. The van der Waals surface area contributed by atoms with Crippen LogP contribution in [0, 0.1) is 5.82 Å². The molecule has 0 amide bonds. The molecule has 0 radical (unpaired) electrons. The molecular formula is C22H20FN3O3. The standard InChI is InChI=1S/C22H20FN3O3/c23-16-3-1-15(2-4-16)21(28)19-9-10-20(27)26(22(19)24)18-7-5-17(6-8-18)25-11-13-29-14-12-25/h1-10H,11-14,24H2. The van der Waals surface area contributed by atoms with Crippen molar-refractivity contribution in [3.63, 3.8) is 0 Å². The van der Waals surface area contributed by atoms with Gasteiger partial charge in [-0.15, -0.1) is 0 Å². The van der Waals surface area contributed by atoms with Crippen LogP contribution in [0.25, 0.3) is 5.69 Å². The molecule has 1 fully saturated rings. The van der Waals surface area contributed by atoms with Crippen LogP contribution in [0.4, 0.5) is 15.9 Å². The van der Waals surface area contributed by atoms with Crippen molar-refractivity contribution in [1.29, 1.82) is 0 Å². The molecule has 1 saturated heterocycles. The van der Waals surface area contributed by atoms with Gasteiger partial charge in [0.15, 0.2) is 5.78 Å². The number of hydrogen-bond donors (Lipinski definition) is 1. The Balaban J connectivity index is 1.69. The van der Waals surface area contributed by atoms with E-state index in [0.29, 0.717) is 24.5 Å². The minimum atomic E-state index is -0.431. The number of halogens is 1. The van der Waals surface area contributed by atoms with Crippen LogP contribution in [0.3, 0.4) is 0 Å². The second kappa shape index (κ2) is 7.89. The van der Waals surface area contributed by atoms with Gasteiger partial charge in [-0.25, -0.2) is 4.39 Å². The summed E-state index contributed by atoms with van der Waals surface area (Å²) < 4.78 is 19.8. The van der Waals surface area contributed by atoms with E-state index >= 15 is 0 Å². The number of nitrogens with two attached hydrogens (primary N) is 1. The lowest BCUT2D eigenvalue weighted by atomic mass is 10.0. The van der Waals surface area contributed by atoms with Crippen molar-refractivity contribution in [2.75, 3.05) is 36.9 Å². The number of aromatic nitrogens is 1. The number of morpholine rings is 1. The van der Waals surface area contributed by atoms with Gasteiger partial charge in [0.25, 0.3) is 5.56 Å². The monoisotopic (exact) mass is 393 g/mol. The molecule has 29 heavy (non-hydrogen) atoms. The molecule has 0 aliphatic carbocycles. The van der Waals surface area contributed by atoms with Gasteiger partial charge in [0, 0.05) is 30.4 Å². The highest BCUT2D eigenvalue weighted by Gasteiger charge is 2.17. The number of benzene rings is 2. The van der Waals surface area contributed by atoms with Crippen molar-refractivity contribution < 1.29 is 13.9 Å². The van der Waals surface area contributed by atoms with E-state index in [1.807, 2.05) is 12.1 Å². The third-order valence-corrected chi connectivity index (χ3v) is 4.96. The topological polar surface area (TPSA) is 77.6 Å². The van der Waals surface area contributed by atoms with Crippen molar-refractivity contribution in [2.45, 2.75) is 0 Å². The van der Waals surface area contributed by atoms with E-state index < -0.39 is 5.82 Å². The van der Waals surface area contributed by atoms with E-state index in [-0.39, 0.29) is 22.7 Å². The first-order valence-electron chi connectivity index (χ1n) is 9.29. The molecule has 3 aromatic rings. The fraction of sp³-hybridized carbons (Fsp3) is 0.182. The first-order valence-corrected chi connectivity index (χ1v) is 9.29. The van der Waals surface area contributed by atoms with E-state index in [2.05, 4.69) is 4.90 Å². The molecule has 4 rings (SSSR count). The number of rotatable bonds is 4. The highest BCUT2D eigenvalue weighted by molar-refractivity contribution is 6.11. The summed E-state index contributed by atoms with van der Waals surface area (Å²) in [6.07, 6.45) is 0. The molecule has 0 unspecified atom stereocenters. The fourth-order valence-electron chi connectivity index (χ4n) is 3.40. The Morgan fingerprint density at radius 2 is 1.52 bits per heavy atom. The zero-order chi connectivity index (χ0) is 20.4. The van der Waals surface area contributed by atoms with Crippen LogP contribution < -0.4 is 16.2 Å². The van der Waals surface area contributed by atoms with Crippen LogP contribution >= 0.6 is 0 Å². The first kappa shape index (κ1) is 18.9. The maximum absolute atomic E-state index is 13.1. The highest BCUT2D eigenvalue weighted by atomic mass is 19.1. The van der Waals surface area contributed by atoms with Crippen molar-refractivity contribution in [3.8, 4) is 5.69 Å². The summed E-state index contributed by atoms with van der Waals surface area (Å²) in [5.74, 6) is -0.757. The Labute approximate surface area is 166 Å². The van der Waals surface area contributed by atoms with Gasteiger partial charge in [-0.2, -0.15) is 0 Å². The predicted octanol–water partition coefficient (Wildman–Crippen LogP) is 2.63. The Kier molecular flexibility index (Phi) is 5.14. The molecule has 2 aromatic carbocycles. The fourth-order valence-corrected chi connectivity index (χ4v) is 3.40. The van der Waals surface area contributed by atoms with Crippen LogP contribution in [-0.2, 0) is 4.74 Å². The molecule has 148 valence electrons.